The Kier molecular flexibility index (Phi) is 8.88. The van der Waals surface area contributed by atoms with Crippen molar-refractivity contribution in [2.24, 2.45) is 13.0 Å². The zero-order valence-corrected chi connectivity index (χ0v) is 26.5. The molecule has 0 spiro atoms. The van der Waals surface area contributed by atoms with E-state index in [0.717, 1.165) is 11.1 Å². The molecule has 3 heterocycles. The first kappa shape index (κ1) is 31.0. The number of sulfonamides is 1. The Bertz CT molecular complexity index is 1650. The van der Waals surface area contributed by atoms with Gasteiger partial charge in [0, 0.05) is 32.3 Å². The van der Waals surface area contributed by atoms with E-state index in [0.29, 0.717) is 24.5 Å². The lowest BCUT2D eigenvalue weighted by molar-refractivity contribution is 0.241. The van der Waals surface area contributed by atoms with Crippen LogP contribution in [-0.2, 0) is 26.9 Å². The summed E-state index contributed by atoms with van der Waals surface area (Å²) in [6.45, 7) is 10.3. The average Bonchev–Trinajstić information content (AvgIpc) is 3.16. The summed E-state index contributed by atoms with van der Waals surface area (Å²) < 4.78 is 58.6. The number of rotatable bonds is 11. The minimum atomic E-state index is -3.65. The number of halogens is 1. The molecule has 4 rings (SSSR count). The van der Waals surface area contributed by atoms with Gasteiger partial charge in [-0.25, -0.2) is 26.1 Å². The van der Waals surface area contributed by atoms with Crippen LogP contribution in [-0.4, -0.2) is 72.1 Å². The number of aromatic nitrogens is 4. The van der Waals surface area contributed by atoms with Gasteiger partial charge in [0.05, 0.1) is 35.7 Å². The Morgan fingerprint density at radius 3 is 2.39 bits per heavy atom. The van der Waals surface area contributed by atoms with E-state index in [2.05, 4.69) is 25.7 Å². The van der Waals surface area contributed by atoms with Crippen LogP contribution < -0.4 is 15.4 Å². The average molecular weight is 626 g/mol. The molecule has 1 aromatic carbocycles. The summed E-state index contributed by atoms with van der Waals surface area (Å²) in [6.07, 6.45) is 4.06. The van der Waals surface area contributed by atoms with E-state index in [1.165, 1.54) is 21.4 Å². The van der Waals surface area contributed by atoms with Crippen molar-refractivity contribution in [2.45, 2.75) is 51.7 Å². The van der Waals surface area contributed by atoms with Gasteiger partial charge >= 0.3 is 0 Å². The first-order valence-electron chi connectivity index (χ1n) is 13.1. The summed E-state index contributed by atoms with van der Waals surface area (Å²) in [5.41, 5.74) is 2.85. The van der Waals surface area contributed by atoms with E-state index in [1.807, 2.05) is 46.8 Å². The Morgan fingerprint density at radius 1 is 1.10 bits per heavy atom. The van der Waals surface area contributed by atoms with Gasteiger partial charge in [-0.3, -0.25) is 4.68 Å². The predicted octanol–water partition coefficient (Wildman–Crippen LogP) is 4.23. The van der Waals surface area contributed by atoms with Gasteiger partial charge in [-0.15, -0.1) is 0 Å². The molecule has 0 saturated carbocycles. The summed E-state index contributed by atoms with van der Waals surface area (Å²) in [6, 6.07) is 3.84. The molecule has 1 fully saturated rings. The third-order valence-corrected chi connectivity index (χ3v) is 9.88. The number of nitrogens with one attached hydrogen (secondary N) is 2. The number of hydrogen-bond acceptors (Lipinski definition) is 10. The highest BCUT2D eigenvalue weighted by atomic mass is 35.5. The van der Waals surface area contributed by atoms with Gasteiger partial charge in [0.15, 0.2) is 15.7 Å². The molecule has 0 radical (unpaired) electrons. The molecule has 0 atom stereocenters. The number of aryl methyl sites for hydroxylation is 2. The molecule has 0 aliphatic carbocycles. The summed E-state index contributed by atoms with van der Waals surface area (Å²) in [5.74, 6) is 0.920. The van der Waals surface area contributed by atoms with Gasteiger partial charge in [0.25, 0.3) is 0 Å². The van der Waals surface area contributed by atoms with Crippen molar-refractivity contribution >= 4 is 54.6 Å². The third kappa shape index (κ3) is 7.29. The molecule has 15 heteroatoms. The van der Waals surface area contributed by atoms with Crippen LogP contribution in [0, 0.1) is 12.8 Å². The van der Waals surface area contributed by atoms with Gasteiger partial charge in [0.1, 0.15) is 10.8 Å². The lowest BCUT2D eigenvalue weighted by Gasteiger charge is -2.38. The number of nitrogens with zero attached hydrogens (tertiary/aromatic N) is 5. The van der Waals surface area contributed by atoms with Crippen molar-refractivity contribution in [3.8, 4) is 5.75 Å². The second-order valence-corrected chi connectivity index (χ2v) is 15.3. The predicted molar refractivity (Wildman–Crippen MR) is 160 cm³/mol. The first-order chi connectivity index (χ1) is 19.0. The van der Waals surface area contributed by atoms with Crippen molar-refractivity contribution in [3.63, 3.8) is 0 Å². The lowest BCUT2D eigenvalue weighted by Crippen LogP contribution is -2.48. The monoisotopic (exact) mass is 625 g/mol. The largest absolute Gasteiger partial charge is 0.489 e. The van der Waals surface area contributed by atoms with Crippen molar-refractivity contribution in [1.29, 1.82) is 0 Å². The van der Waals surface area contributed by atoms with Crippen LogP contribution in [0.3, 0.4) is 0 Å². The molecule has 1 aliphatic rings. The van der Waals surface area contributed by atoms with Crippen molar-refractivity contribution < 1.29 is 21.6 Å². The molecule has 1 saturated heterocycles. The van der Waals surface area contributed by atoms with Crippen LogP contribution in [0.1, 0.15) is 44.7 Å². The molecule has 2 N–H and O–H groups in total. The van der Waals surface area contributed by atoms with Crippen LogP contribution in [0.15, 0.2) is 29.6 Å². The molecule has 1 aliphatic heterocycles. The first-order valence-corrected chi connectivity index (χ1v) is 17.0. The zero-order valence-electron chi connectivity index (χ0n) is 24.1. The molecule has 2 aromatic heterocycles. The molecule has 0 bridgehead atoms. The lowest BCUT2D eigenvalue weighted by atomic mass is 9.89. The molecule has 41 heavy (non-hydrogen) atoms. The maximum Gasteiger partial charge on any atom is 0.229 e. The summed E-state index contributed by atoms with van der Waals surface area (Å²) in [5, 5.41) is 10.5. The maximum absolute atomic E-state index is 12.9. The summed E-state index contributed by atoms with van der Waals surface area (Å²) >= 11 is 6.39. The van der Waals surface area contributed by atoms with E-state index in [9.17, 15) is 16.8 Å². The van der Waals surface area contributed by atoms with Gasteiger partial charge in [-0.2, -0.15) is 10.1 Å². The topological polar surface area (TPSA) is 148 Å². The Balaban J connectivity index is 1.63. The normalized spacial score (nSPS) is 14.9. The highest BCUT2D eigenvalue weighted by Crippen LogP contribution is 2.38. The second kappa shape index (κ2) is 11.7. The molecule has 12 nitrogen and oxygen atoms in total. The highest BCUT2D eigenvalue weighted by molar-refractivity contribution is 7.91. The number of hydrogen-bond donors (Lipinski definition) is 2. The van der Waals surface area contributed by atoms with E-state index >= 15 is 0 Å². The number of benzene rings is 1. The second-order valence-electron chi connectivity index (χ2n) is 11.0. The molecule has 3 aromatic rings. The van der Waals surface area contributed by atoms with Crippen LogP contribution in [0.25, 0.3) is 0 Å². The quantitative estimate of drug-likeness (QED) is 0.317. The van der Waals surface area contributed by atoms with E-state index < -0.39 is 19.9 Å². The SMILES string of the molecule is Cc1cc(Nc2ncc(Cl)c(Nc3cn(C)nc3S(=O)(=O)CC(C)C)n2)c(OC(C)C)cc1C1CN(S(C)(=O)=O)C1. The fraction of sp³-hybridized carbons (Fsp3) is 0.500. The standard InChI is InChI=1S/C26H36ClN7O5S2/c1-15(2)14-41(37,38)25-22(13-33(6)32-25)29-24-20(27)10-28-26(31-24)30-21-8-17(5)19(9-23(21)39-16(3)4)18-11-34(12-18)40(7,35)36/h8-10,13,15-16,18H,11-12,14H2,1-7H3,(H2,28,29,30,31). The number of sulfone groups is 1. The number of anilines is 4. The van der Waals surface area contributed by atoms with Crippen molar-refractivity contribution in [1.82, 2.24) is 24.1 Å². The molecule has 224 valence electrons. The summed E-state index contributed by atoms with van der Waals surface area (Å²) in [7, 11) is -5.24. The summed E-state index contributed by atoms with van der Waals surface area (Å²) in [4.78, 5) is 8.80. The minimum absolute atomic E-state index is 0.0515. The number of ether oxygens (including phenoxy) is 1. The Morgan fingerprint density at radius 2 is 1.78 bits per heavy atom. The Hall–Kier alpha value is -2.94. The fourth-order valence-electron chi connectivity index (χ4n) is 4.56. The molecule has 0 unspecified atom stereocenters. The Labute approximate surface area is 246 Å². The van der Waals surface area contributed by atoms with Crippen LogP contribution in [0.5, 0.6) is 5.75 Å². The van der Waals surface area contributed by atoms with Crippen molar-refractivity contribution in [3.05, 3.63) is 40.7 Å². The van der Waals surface area contributed by atoms with Crippen LogP contribution in [0.4, 0.5) is 23.1 Å². The molecule has 0 amide bonds. The third-order valence-electron chi connectivity index (χ3n) is 6.37. The van der Waals surface area contributed by atoms with E-state index in [4.69, 9.17) is 16.3 Å². The van der Waals surface area contributed by atoms with Gasteiger partial charge in [0.2, 0.25) is 21.0 Å². The van der Waals surface area contributed by atoms with Crippen molar-refractivity contribution in [2.75, 3.05) is 35.7 Å². The molecular weight excluding hydrogens is 590 g/mol. The minimum Gasteiger partial charge on any atom is -0.489 e. The van der Waals surface area contributed by atoms with Crippen LogP contribution in [0.2, 0.25) is 5.02 Å². The van der Waals surface area contributed by atoms with Gasteiger partial charge in [-0.1, -0.05) is 25.4 Å². The molecular formula is C26H36ClN7O5S2. The zero-order chi connectivity index (χ0) is 30.3. The fourth-order valence-corrected chi connectivity index (χ4v) is 7.33. The maximum atomic E-state index is 12.9. The van der Waals surface area contributed by atoms with Crippen LogP contribution >= 0.6 is 11.6 Å². The van der Waals surface area contributed by atoms with Gasteiger partial charge < -0.3 is 15.4 Å². The van der Waals surface area contributed by atoms with E-state index in [-0.39, 0.29) is 51.2 Å². The highest BCUT2D eigenvalue weighted by Gasteiger charge is 2.35. The van der Waals surface area contributed by atoms with E-state index in [1.54, 1.807) is 13.2 Å². The smallest absolute Gasteiger partial charge is 0.229 e. The van der Waals surface area contributed by atoms with Gasteiger partial charge in [-0.05, 0) is 49.9 Å².